The summed E-state index contributed by atoms with van der Waals surface area (Å²) >= 11 is 1.08. The maximum absolute atomic E-state index is 12.7. The van der Waals surface area contributed by atoms with Crippen molar-refractivity contribution in [1.29, 1.82) is 0 Å². The van der Waals surface area contributed by atoms with E-state index < -0.39 is 20.2 Å². The number of unbranched alkanes of at least 4 members (excludes halogenated alkanes) is 2. The van der Waals surface area contributed by atoms with Crippen molar-refractivity contribution in [2.45, 2.75) is 62.2 Å². The fraction of sp³-hybridized carbons (Fsp3) is 0.333. The maximum Gasteiger partial charge on any atom is 0.339 e. The first-order valence-electron chi connectivity index (χ1n) is 10.9. The molecule has 6 nitrogen and oxygen atoms in total. The van der Waals surface area contributed by atoms with Gasteiger partial charge in [0, 0.05) is 10.8 Å². The number of benzene rings is 2. The predicted molar refractivity (Wildman–Crippen MR) is 130 cm³/mol. The van der Waals surface area contributed by atoms with Crippen molar-refractivity contribution in [1.82, 2.24) is 0 Å². The lowest BCUT2D eigenvalue weighted by Crippen LogP contribution is -2.13. The Hall–Kier alpha value is -2.36. The van der Waals surface area contributed by atoms with Crippen molar-refractivity contribution in [3.63, 3.8) is 0 Å². The smallest absolute Gasteiger partial charge is 0.339 e. The summed E-state index contributed by atoms with van der Waals surface area (Å²) in [5.41, 5.74) is 2.09. The highest BCUT2D eigenvalue weighted by Gasteiger charge is 2.24. The van der Waals surface area contributed by atoms with Gasteiger partial charge in [-0.05, 0) is 61.1 Å². The van der Waals surface area contributed by atoms with Crippen molar-refractivity contribution in [3.8, 4) is 11.5 Å². The molecule has 0 aliphatic rings. The Bertz CT molecular complexity index is 1140. The normalized spacial score (nSPS) is 11.9. The van der Waals surface area contributed by atoms with Crippen LogP contribution in [-0.4, -0.2) is 16.8 Å². The standard InChI is InChI=1S/C24H28O6S3/c1-3-5-7-19-9-13-21(14-10-19)32(25,26)29-23-17-31-18-24(23)30-33(27,28)22-15-11-20(12-16-22)8-6-4-2/h9-18H,3-8H2,1-2H3. The highest BCUT2D eigenvalue weighted by atomic mass is 32.2. The molecule has 2 aromatic carbocycles. The van der Waals surface area contributed by atoms with Gasteiger partial charge in [-0.25, -0.2) is 0 Å². The van der Waals surface area contributed by atoms with Crippen LogP contribution < -0.4 is 8.37 Å². The molecule has 0 saturated heterocycles. The van der Waals surface area contributed by atoms with Crippen LogP contribution in [0.3, 0.4) is 0 Å². The van der Waals surface area contributed by atoms with Crippen molar-refractivity contribution in [3.05, 3.63) is 70.4 Å². The summed E-state index contributed by atoms with van der Waals surface area (Å²) in [5.74, 6) is -0.337. The van der Waals surface area contributed by atoms with E-state index in [9.17, 15) is 16.8 Å². The van der Waals surface area contributed by atoms with Crippen molar-refractivity contribution < 1.29 is 25.2 Å². The molecule has 3 aromatic rings. The molecule has 0 atom stereocenters. The topological polar surface area (TPSA) is 86.7 Å². The third kappa shape index (κ3) is 6.82. The van der Waals surface area contributed by atoms with E-state index in [-0.39, 0.29) is 21.3 Å². The van der Waals surface area contributed by atoms with E-state index >= 15 is 0 Å². The molecule has 0 aliphatic heterocycles. The van der Waals surface area contributed by atoms with Gasteiger partial charge in [-0.3, -0.25) is 0 Å². The molecule has 0 aliphatic carbocycles. The van der Waals surface area contributed by atoms with E-state index in [2.05, 4.69) is 13.8 Å². The number of hydrogen-bond donors (Lipinski definition) is 0. The van der Waals surface area contributed by atoms with Gasteiger partial charge in [0.05, 0.1) is 0 Å². The summed E-state index contributed by atoms with van der Waals surface area (Å²) in [6.45, 7) is 4.19. The van der Waals surface area contributed by atoms with Crippen LogP contribution in [0.25, 0.3) is 0 Å². The highest BCUT2D eigenvalue weighted by molar-refractivity contribution is 7.87. The van der Waals surface area contributed by atoms with Crippen LogP contribution in [-0.2, 0) is 33.1 Å². The molecular weight excluding hydrogens is 480 g/mol. The van der Waals surface area contributed by atoms with Gasteiger partial charge in [-0.1, -0.05) is 51.0 Å². The van der Waals surface area contributed by atoms with Gasteiger partial charge >= 0.3 is 20.2 Å². The van der Waals surface area contributed by atoms with Gasteiger partial charge in [0.1, 0.15) is 9.79 Å². The molecule has 0 radical (unpaired) electrons. The second kappa shape index (κ2) is 11.2. The SMILES string of the molecule is CCCCc1ccc(S(=O)(=O)Oc2cscc2OS(=O)(=O)c2ccc(CCCC)cc2)cc1. The van der Waals surface area contributed by atoms with Gasteiger partial charge in [-0.2, -0.15) is 16.8 Å². The fourth-order valence-corrected chi connectivity index (χ4v) is 5.77. The summed E-state index contributed by atoms with van der Waals surface area (Å²) < 4.78 is 61.3. The maximum atomic E-state index is 12.7. The Morgan fingerprint density at radius 1 is 0.636 bits per heavy atom. The average Bonchev–Trinajstić information content (AvgIpc) is 3.21. The van der Waals surface area contributed by atoms with Crippen LogP contribution in [0.1, 0.15) is 50.7 Å². The minimum Gasteiger partial charge on any atom is -0.374 e. The zero-order chi connectivity index (χ0) is 23.9. The van der Waals surface area contributed by atoms with Crippen LogP contribution in [0.5, 0.6) is 11.5 Å². The van der Waals surface area contributed by atoms with Crippen LogP contribution in [0.15, 0.2) is 69.1 Å². The summed E-state index contributed by atoms with van der Waals surface area (Å²) in [6, 6.07) is 13.0. The molecule has 0 amide bonds. The molecule has 1 heterocycles. The van der Waals surface area contributed by atoms with E-state index in [1.807, 2.05) is 0 Å². The monoisotopic (exact) mass is 508 g/mol. The van der Waals surface area contributed by atoms with E-state index in [1.54, 1.807) is 24.3 Å². The minimum absolute atomic E-state index is 0.00887. The lowest BCUT2D eigenvalue weighted by molar-refractivity contribution is 0.451. The molecule has 0 bridgehead atoms. The zero-order valence-electron chi connectivity index (χ0n) is 18.7. The Morgan fingerprint density at radius 3 is 1.33 bits per heavy atom. The van der Waals surface area contributed by atoms with Gasteiger partial charge in [-0.15, -0.1) is 11.3 Å². The van der Waals surface area contributed by atoms with E-state index in [0.29, 0.717) is 0 Å². The average molecular weight is 509 g/mol. The third-order valence-corrected chi connectivity index (χ3v) is 8.25. The number of hydrogen-bond acceptors (Lipinski definition) is 7. The second-order valence-electron chi connectivity index (χ2n) is 7.67. The molecule has 9 heteroatoms. The Balaban J connectivity index is 1.73. The summed E-state index contributed by atoms with van der Waals surface area (Å²) in [6.07, 6.45) is 5.89. The Labute approximate surface area is 200 Å². The van der Waals surface area contributed by atoms with Gasteiger partial charge < -0.3 is 8.37 Å². The highest BCUT2D eigenvalue weighted by Crippen LogP contribution is 2.36. The Kier molecular flexibility index (Phi) is 8.56. The largest absolute Gasteiger partial charge is 0.374 e. The fourth-order valence-electron chi connectivity index (χ4n) is 3.14. The summed E-state index contributed by atoms with van der Waals surface area (Å²) in [4.78, 5) is -0.0177. The quantitative estimate of drug-likeness (QED) is 0.280. The molecule has 0 saturated carbocycles. The summed E-state index contributed by atoms with van der Waals surface area (Å²) in [5, 5.41) is 2.79. The van der Waals surface area contributed by atoms with Crippen LogP contribution in [0, 0.1) is 0 Å². The van der Waals surface area contributed by atoms with E-state index in [0.717, 1.165) is 61.0 Å². The van der Waals surface area contributed by atoms with Gasteiger partial charge in [0.25, 0.3) is 0 Å². The number of aryl methyl sites for hydroxylation is 2. The predicted octanol–water partition coefficient (Wildman–Crippen LogP) is 5.97. The lowest BCUT2D eigenvalue weighted by atomic mass is 10.1. The lowest BCUT2D eigenvalue weighted by Gasteiger charge is -2.10. The third-order valence-electron chi connectivity index (χ3n) is 5.05. The molecular formula is C24H28O6S3. The number of rotatable bonds is 12. The van der Waals surface area contributed by atoms with Gasteiger partial charge in [0.15, 0.2) is 11.5 Å². The van der Waals surface area contributed by atoms with Crippen molar-refractivity contribution in [2.24, 2.45) is 0 Å². The molecule has 0 fully saturated rings. The minimum atomic E-state index is -4.15. The first kappa shape index (κ1) is 25.3. The molecule has 0 N–H and O–H groups in total. The van der Waals surface area contributed by atoms with Gasteiger partial charge in [0.2, 0.25) is 0 Å². The zero-order valence-corrected chi connectivity index (χ0v) is 21.1. The van der Waals surface area contributed by atoms with E-state index in [4.69, 9.17) is 8.37 Å². The molecule has 1 aromatic heterocycles. The van der Waals surface area contributed by atoms with Crippen molar-refractivity contribution >= 4 is 31.6 Å². The Morgan fingerprint density at radius 2 is 1.00 bits per heavy atom. The molecule has 0 unspecified atom stereocenters. The molecule has 33 heavy (non-hydrogen) atoms. The van der Waals surface area contributed by atoms with Crippen LogP contribution >= 0.6 is 11.3 Å². The molecule has 178 valence electrons. The molecule has 0 spiro atoms. The van der Waals surface area contributed by atoms with Crippen molar-refractivity contribution in [2.75, 3.05) is 0 Å². The summed E-state index contributed by atoms with van der Waals surface area (Å²) in [7, 11) is -8.29. The van der Waals surface area contributed by atoms with Crippen LogP contribution in [0.2, 0.25) is 0 Å². The van der Waals surface area contributed by atoms with E-state index in [1.165, 1.54) is 35.0 Å². The first-order chi connectivity index (χ1) is 15.7. The second-order valence-corrected chi connectivity index (χ2v) is 11.5. The van der Waals surface area contributed by atoms with Crippen LogP contribution in [0.4, 0.5) is 0 Å². The first-order valence-corrected chi connectivity index (χ1v) is 14.6. The molecule has 3 rings (SSSR count). The number of thiophene rings is 1.